The number of thiophene rings is 1. The Labute approximate surface area is 126 Å². The van der Waals surface area contributed by atoms with Crippen LogP contribution in [-0.2, 0) is 12.8 Å². The van der Waals surface area contributed by atoms with Gasteiger partial charge in [-0.1, -0.05) is 13.8 Å². The molecule has 3 aromatic rings. The van der Waals surface area contributed by atoms with Gasteiger partial charge < -0.3 is 0 Å². The van der Waals surface area contributed by atoms with Crippen molar-refractivity contribution < 1.29 is 0 Å². The van der Waals surface area contributed by atoms with Gasteiger partial charge in [-0.2, -0.15) is 5.10 Å². The molecule has 3 aromatic heterocycles. The monoisotopic (exact) mass is 300 g/mol. The summed E-state index contributed by atoms with van der Waals surface area (Å²) in [6.07, 6.45) is 3.77. The second kappa shape index (κ2) is 5.65. The lowest BCUT2D eigenvalue weighted by Gasteiger charge is -2.04. The average Bonchev–Trinajstić information content (AvgIpc) is 3.13. The standard InChI is InChI=1S/C15H16N4OS/c1-3-10-12(4-2)19(9-16-10)15-8-6-13(21-15)11-5-7-14(20)18-17-11/h5-9H,3-4H2,1-2H3,(H,18,20). The van der Waals surface area contributed by atoms with E-state index in [1.807, 2.05) is 12.4 Å². The Balaban J connectivity index is 2.00. The van der Waals surface area contributed by atoms with E-state index in [1.165, 1.54) is 11.8 Å². The van der Waals surface area contributed by atoms with Crippen LogP contribution in [0.5, 0.6) is 0 Å². The van der Waals surface area contributed by atoms with E-state index >= 15 is 0 Å². The van der Waals surface area contributed by atoms with Gasteiger partial charge in [0.1, 0.15) is 17.0 Å². The normalized spacial score (nSPS) is 11.0. The summed E-state index contributed by atoms with van der Waals surface area (Å²) >= 11 is 1.64. The first kappa shape index (κ1) is 13.8. The fourth-order valence-corrected chi connectivity index (χ4v) is 3.32. The third kappa shape index (κ3) is 2.54. The number of hydrogen-bond donors (Lipinski definition) is 1. The zero-order valence-corrected chi connectivity index (χ0v) is 12.8. The van der Waals surface area contributed by atoms with Gasteiger partial charge in [0, 0.05) is 11.8 Å². The van der Waals surface area contributed by atoms with E-state index < -0.39 is 0 Å². The fourth-order valence-electron chi connectivity index (χ4n) is 2.35. The van der Waals surface area contributed by atoms with Crippen LogP contribution in [0.3, 0.4) is 0 Å². The van der Waals surface area contributed by atoms with Gasteiger partial charge in [0.25, 0.3) is 5.56 Å². The summed E-state index contributed by atoms with van der Waals surface area (Å²) in [5.74, 6) is 0. The van der Waals surface area contributed by atoms with Crippen LogP contribution in [0, 0.1) is 0 Å². The molecule has 0 aliphatic rings. The van der Waals surface area contributed by atoms with Gasteiger partial charge in [0.15, 0.2) is 0 Å². The maximum Gasteiger partial charge on any atom is 0.264 e. The molecule has 0 unspecified atom stereocenters. The van der Waals surface area contributed by atoms with E-state index in [0.717, 1.165) is 34.1 Å². The van der Waals surface area contributed by atoms with Crippen molar-refractivity contribution in [2.75, 3.05) is 0 Å². The molecule has 0 aliphatic heterocycles. The van der Waals surface area contributed by atoms with Crippen LogP contribution in [0.25, 0.3) is 15.6 Å². The Morgan fingerprint density at radius 2 is 2.05 bits per heavy atom. The highest BCUT2D eigenvalue weighted by atomic mass is 32.1. The van der Waals surface area contributed by atoms with Gasteiger partial charge in [0.2, 0.25) is 0 Å². The summed E-state index contributed by atoms with van der Waals surface area (Å²) < 4.78 is 2.14. The largest absolute Gasteiger partial charge is 0.294 e. The predicted molar refractivity (Wildman–Crippen MR) is 84.0 cm³/mol. The fraction of sp³-hybridized carbons (Fsp3) is 0.267. The summed E-state index contributed by atoms with van der Waals surface area (Å²) in [5, 5.41) is 7.65. The van der Waals surface area contributed by atoms with Gasteiger partial charge in [-0.05, 0) is 31.0 Å². The summed E-state index contributed by atoms with van der Waals surface area (Å²) in [7, 11) is 0. The van der Waals surface area contributed by atoms with E-state index in [2.05, 4.69) is 39.7 Å². The Bertz CT molecular complexity index is 795. The Kier molecular flexibility index (Phi) is 3.70. The molecule has 0 amide bonds. The number of H-pyrrole nitrogens is 1. The minimum atomic E-state index is -0.189. The molecule has 5 nitrogen and oxygen atoms in total. The summed E-state index contributed by atoms with van der Waals surface area (Å²) in [6, 6.07) is 7.31. The van der Waals surface area contributed by atoms with E-state index in [1.54, 1.807) is 17.4 Å². The first-order valence-electron chi connectivity index (χ1n) is 6.94. The molecule has 1 N–H and O–H groups in total. The van der Waals surface area contributed by atoms with Crippen LogP contribution >= 0.6 is 11.3 Å². The zero-order valence-electron chi connectivity index (χ0n) is 12.0. The van der Waals surface area contributed by atoms with Crippen molar-refractivity contribution in [3.05, 3.63) is 52.3 Å². The number of hydrogen-bond acceptors (Lipinski definition) is 4. The lowest BCUT2D eigenvalue weighted by Crippen LogP contribution is -2.05. The molecule has 0 aromatic carbocycles. The highest BCUT2D eigenvalue weighted by Crippen LogP contribution is 2.29. The SMILES string of the molecule is CCc1ncn(-c2ccc(-c3ccc(=O)[nH]n3)s2)c1CC. The van der Waals surface area contributed by atoms with Gasteiger partial charge >= 0.3 is 0 Å². The lowest BCUT2D eigenvalue weighted by molar-refractivity contribution is 0.919. The quantitative estimate of drug-likeness (QED) is 0.806. The molecule has 0 bridgehead atoms. The van der Waals surface area contributed by atoms with Gasteiger partial charge in [-0.3, -0.25) is 9.36 Å². The maximum absolute atomic E-state index is 11.1. The van der Waals surface area contributed by atoms with Crippen LogP contribution < -0.4 is 5.56 Å². The number of aryl methyl sites for hydroxylation is 1. The average molecular weight is 300 g/mol. The van der Waals surface area contributed by atoms with Crippen molar-refractivity contribution in [2.45, 2.75) is 26.7 Å². The van der Waals surface area contributed by atoms with Crippen LogP contribution in [-0.4, -0.2) is 19.7 Å². The Hall–Kier alpha value is -2.21. The molecule has 0 radical (unpaired) electrons. The summed E-state index contributed by atoms with van der Waals surface area (Å²) in [5.41, 5.74) is 2.99. The van der Waals surface area contributed by atoms with Crippen molar-refractivity contribution in [2.24, 2.45) is 0 Å². The maximum atomic E-state index is 11.1. The number of rotatable bonds is 4. The molecule has 0 fully saturated rings. The highest BCUT2D eigenvalue weighted by Gasteiger charge is 2.12. The molecule has 0 saturated carbocycles. The number of aromatic nitrogens is 4. The molecule has 21 heavy (non-hydrogen) atoms. The molecule has 0 saturated heterocycles. The molecule has 3 heterocycles. The van der Waals surface area contributed by atoms with Gasteiger partial charge in [0.05, 0.1) is 10.6 Å². The Morgan fingerprint density at radius 1 is 1.19 bits per heavy atom. The molecule has 0 atom stereocenters. The molecule has 3 rings (SSSR count). The van der Waals surface area contributed by atoms with Gasteiger partial charge in [-0.25, -0.2) is 10.1 Å². The van der Waals surface area contributed by atoms with Crippen molar-refractivity contribution in [3.63, 3.8) is 0 Å². The van der Waals surface area contributed by atoms with E-state index in [4.69, 9.17) is 0 Å². The third-order valence-electron chi connectivity index (χ3n) is 3.38. The topological polar surface area (TPSA) is 63.6 Å². The summed E-state index contributed by atoms with van der Waals surface area (Å²) in [6.45, 7) is 4.26. The van der Waals surface area contributed by atoms with Gasteiger partial charge in [-0.15, -0.1) is 11.3 Å². The molecule has 108 valence electrons. The predicted octanol–water partition coefficient (Wildman–Crippen LogP) is 2.81. The first-order chi connectivity index (χ1) is 10.2. The van der Waals surface area contributed by atoms with E-state index in [9.17, 15) is 4.79 Å². The Morgan fingerprint density at radius 3 is 2.71 bits per heavy atom. The van der Waals surface area contributed by atoms with Crippen LogP contribution in [0.2, 0.25) is 0 Å². The van der Waals surface area contributed by atoms with E-state index in [0.29, 0.717) is 0 Å². The number of aromatic amines is 1. The smallest absolute Gasteiger partial charge is 0.264 e. The molecular weight excluding hydrogens is 284 g/mol. The van der Waals surface area contributed by atoms with Crippen LogP contribution in [0.4, 0.5) is 0 Å². The minimum absolute atomic E-state index is 0.189. The number of nitrogens with one attached hydrogen (secondary N) is 1. The number of imidazole rings is 1. The minimum Gasteiger partial charge on any atom is -0.294 e. The first-order valence-corrected chi connectivity index (χ1v) is 7.76. The van der Waals surface area contributed by atoms with Crippen LogP contribution in [0.1, 0.15) is 25.2 Å². The molecule has 0 spiro atoms. The van der Waals surface area contributed by atoms with E-state index in [-0.39, 0.29) is 5.56 Å². The second-order valence-electron chi connectivity index (χ2n) is 4.66. The second-order valence-corrected chi connectivity index (χ2v) is 5.72. The van der Waals surface area contributed by atoms with Crippen molar-refractivity contribution in [1.82, 2.24) is 19.7 Å². The molecule has 6 heteroatoms. The number of nitrogens with zero attached hydrogens (tertiary/aromatic N) is 3. The highest BCUT2D eigenvalue weighted by molar-refractivity contribution is 7.17. The molecule has 0 aliphatic carbocycles. The van der Waals surface area contributed by atoms with Crippen molar-refractivity contribution >= 4 is 11.3 Å². The van der Waals surface area contributed by atoms with Crippen LogP contribution in [0.15, 0.2) is 35.4 Å². The molecular formula is C15H16N4OS. The van der Waals surface area contributed by atoms with Crippen molar-refractivity contribution in [3.8, 4) is 15.6 Å². The van der Waals surface area contributed by atoms with Crippen molar-refractivity contribution in [1.29, 1.82) is 0 Å². The summed E-state index contributed by atoms with van der Waals surface area (Å²) in [4.78, 5) is 16.6. The lowest BCUT2D eigenvalue weighted by atomic mass is 10.2. The third-order valence-corrected chi connectivity index (χ3v) is 4.49. The zero-order chi connectivity index (χ0) is 14.8.